The Labute approximate surface area is 383 Å². The van der Waals surface area contributed by atoms with Gasteiger partial charge in [-0.2, -0.15) is 0 Å². The molecule has 63 heavy (non-hydrogen) atoms. The molecule has 4 aliphatic rings. The maximum Gasteiger partial charge on any atom is 1.00 e. The summed E-state index contributed by atoms with van der Waals surface area (Å²) in [6, 6.07) is 1.29. The summed E-state index contributed by atoms with van der Waals surface area (Å²) >= 11 is 0. The van der Waals surface area contributed by atoms with E-state index in [4.69, 9.17) is 4.74 Å². The first-order chi connectivity index (χ1) is 29.5. The number of carboxylic acid groups (broad SMARTS) is 1. The Morgan fingerprint density at radius 1 is 1.00 bits per heavy atom. The van der Waals surface area contributed by atoms with Gasteiger partial charge in [0.05, 0.1) is 17.6 Å². The van der Waals surface area contributed by atoms with Crippen molar-refractivity contribution in [3.05, 3.63) is 52.6 Å². The van der Waals surface area contributed by atoms with Crippen molar-refractivity contribution in [1.29, 1.82) is 0 Å². The second-order valence-corrected chi connectivity index (χ2v) is 16.0. The fourth-order valence-corrected chi connectivity index (χ4v) is 8.44. The standard InChI is InChI=1S/C41H49N8O13.Na/c1-4-28(52)46-26(35(56)43-17-30(54)44-19(3)39(60)61)16-41-22-6-5-7-27(51)31(22)49-40(41)62-34-21-12-18(2)13-25(47-36(57)24-8-9-29(53)45-24)37(58)48-32(38(59)42-10-11-50)33(55)20(14-21)15-23(34)41;/h5-7,14-15,18-19,24-26,32-33,40,49,51,55H,4,8-10,12-13,16-17H2,1-3H3,(H,42,59)(H,43,56)(H,44,54)(H,45,53)(H,46,52)(H,47,57)(H,48,58)(H,60,61);/q-1;+1/t18?,19?,24?,25?,26?,32?,33?,40?,41-;/m0./s1. The summed E-state index contributed by atoms with van der Waals surface area (Å²) in [5.74, 6) is -6.45. The van der Waals surface area contributed by atoms with Crippen molar-refractivity contribution in [2.75, 3.05) is 18.4 Å². The fourth-order valence-electron chi connectivity index (χ4n) is 8.44. The number of para-hydroxylation sites is 1. The number of carbonyl (C=O) groups is 8. The summed E-state index contributed by atoms with van der Waals surface area (Å²) < 4.78 is 6.68. The zero-order valence-corrected chi connectivity index (χ0v) is 37.1. The van der Waals surface area contributed by atoms with Gasteiger partial charge in [-0.3, -0.25) is 38.4 Å². The molecule has 2 aromatic rings. The molecule has 11 N–H and O–H groups in total. The SMILES string of the molecule is CCC(=O)NC(C[C@@]12c3cccc(O)c3NC1Oc1c3cc(cc12)C(O)C(C(=O)NC[C-]=O)NC(=O)C(NC(=O)C1CCC(=O)N1)CC(C)C3)C(=O)NCC(=O)NC(C)C(=O)O.[Na+]. The molecule has 2 bridgehead atoms. The van der Waals surface area contributed by atoms with Crippen LogP contribution in [-0.4, -0.2) is 118 Å². The maximum atomic E-state index is 14.0. The molecule has 7 amide bonds. The minimum absolute atomic E-state index is 0. The third-order valence-electron chi connectivity index (χ3n) is 11.5. The molecule has 1 saturated heterocycles. The topological polar surface area (TPSA) is 320 Å². The molecule has 0 spiro atoms. The monoisotopic (exact) mass is 884 g/mol. The van der Waals surface area contributed by atoms with Gasteiger partial charge in [0.25, 0.3) is 0 Å². The molecule has 332 valence electrons. The van der Waals surface area contributed by atoms with E-state index in [1.165, 1.54) is 25.3 Å². The number of nitrogens with one attached hydrogen (secondary N) is 8. The van der Waals surface area contributed by atoms with Crippen LogP contribution in [0.3, 0.4) is 0 Å². The number of aromatic hydroxyl groups is 1. The molecule has 0 radical (unpaired) electrons. The van der Waals surface area contributed by atoms with Crippen molar-refractivity contribution < 1.29 is 92.8 Å². The molecule has 2 aromatic carbocycles. The molecule has 0 saturated carbocycles. The van der Waals surface area contributed by atoms with Crippen LogP contribution in [0.4, 0.5) is 5.69 Å². The number of aliphatic carboxylic acids is 1. The van der Waals surface area contributed by atoms with Crippen molar-refractivity contribution in [1.82, 2.24) is 37.2 Å². The van der Waals surface area contributed by atoms with Gasteiger partial charge in [-0.15, -0.1) is 0 Å². The van der Waals surface area contributed by atoms with Gasteiger partial charge in [-0.25, -0.2) is 6.29 Å². The number of hydrogen-bond donors (Lipinski definition) is 11. The zero-order chi connectivity index (χ0) is 45.0. The number of anilines is 1. The molecule has 4 heterocycles. The van der Waals surface area contributed by atoms with E-state index in [0.29, 0.717) is 22.4 Å². The van der Waals surface area contributed by atoms with Crippen LogP contribution >= 0.6 is 0 Å². The van der Waals surface area contributed by atoms with Crippen LogP contribution in [0.1, 0.15) is 81.2 Å². The van der Waals surface area contributed by atoms with E-state index in [1.807, 2.05) is 6.92 Å². The van der Waals surface area contributed by atoms with Crippen LogP contribution in [0.5, 0.6) is 11.5 Å². The first-order valence-electron chi connectivity index (χ1n) is 20.2. The summed E-state index contributed by atoms with van der Waals surface area (Å²) in [5, 5.41) is 53.1. The number of amides is 7. The molecular weight excluding hydrogens is 835 g/mol. The number of carboxylic acids is 1. The number of phenols is 1. The molecular formula is C41H49N8NaO13. The van der Waals surface area contributed by atoms with Gasteiger partial charge in [0.2, 0.25) is 41.4 Å². The van der Waals surface area contributed by atoms with Crippen LogP contribution in [-0.2, 0) is 55.0 Å². The molecule has 1 fully saturated rings. The van der Waals surface area contributed by atoms with Gasteiger partial charge >= 0.3 is 35.5 Å². The van der Waals surface area contributed by atoms with Gasteiger partial charge < -0.3 is 67.4 Å². The van der Waals surface area contributed by atoms with E-state index < -0.39 is 108 Å². The number of fused-ring (bicyclic) bond motifs is 8. The normalized spacial score (nSPS) is 25.1. The quantitative estimate of drug-likeness (QED) is 0.0481. The number of aliphatic hydroxyl groups is 1. The Hall–Kier alpha value is -5.77. The molecule has 21 nitrogen and oxygen atoms in total. The zero-order valence-electron chi connectivity index (χ0n) is 35.1. The minimum Gasteiger partial charge on any atom is -0.540 e. The Morgan fingerprint density at radius 3 is 2.41 bits per heavy atom. The number of phenolic OH excluding ortho intramolecular Hbond substituents is 1. The van der Waals surface area contributed by atoms with Crippen molar-refractivity contribution in [3.63, 3.8) is 0 Å². The van der Waals surface area contributed by atoms with E-state index in [0.717, 1.165) is 0 Å². The van der Waals surface area contributed by atoms with Crippen LogP contribution in [0, 0.1) is 5.92 Å². The molecule has 9 atom stereocenters. The summed E-state index contributed by atoms with van der Waals surface area (Å²) in [6.07, 6.45) is -1.12. The number of rotatable bonds is 14. The summed E-state index contributed by atoms with van der Waals surface area (Å²) in [6.45, 7) is 3.41. The third kappa shape index (κ3) is 10.2. The van der Waals surface area contributed by atoms with Gasteiger partial charge in [-0.05, 0) is 73.4 Å². The second kappa shape index (κ2) is 20.2. The van der Waals surface area contributed by atoms with E-state index in [2.05, 4.69) is 42.5 Å². The van der Waals surface area contributed by atoms with Crippen LogP contribution < -0.4 is 76.8 Å². The number of hydrogen-bond acceptors (Lipinski definition) is 13. The predicted octanol–water partition coefficient (Wildman–Crippen LogP) is -5.09. The minimum atomic E-state index is -1.81. The van der Waals surface area contributed by atoms with Crippen LogP contribution in [0.2, 0.25) is 0 Å². The molecule has 4 aliphatic heterocycles. The van der Waals surface area contributed by atoms with Gasteiger partial charge in [0.1, 0.15) is 47.8 Å². The number of ether oxygens (including phenoxy) is 1. The largest absolute Gasteiger partial charge is 1.00 e. The van der Waals surface area contributed by atoms with Crippen LogP contribution in [0.15, 0.2) is 30.3 Å². The second-order valence-electron chi connectivity index (χ2n) is 16.0. The van der Waals surface area contributed by atoms with Gasteiger partial charge in [-0.1, -0.05) is 32.5 Å². The van der Waals surface area contributed by atoms with Crippen molar-refractivity contribution in [2.45, 2.75) is 107 Å². The van der Waals surface area contributed by atoms with Crippen molar-refractivity contribution in [2.24, 2.45) is 5.92 Å². The smallest absolute Gasteiger partial charge is 0.540 e. The molecule has 22 heteroatoms. The van der Waals surface area contributed by atoms with Crippen LogP contribution in [0.25, 0.3) is 0 Å². The molecule has 0 aromatic heterocycles. The van der Waals surface area contributed by atoms with E-state index >= 15 is 0 Å². The average molecular weight is 885 g/mol. The molecule has 0 aliphatic carbocycles. The Bertz CT molecular complexity index is 2190. The van der Waals surface area contributed by atoms with Gasteiger partial charge in [0.15, 0.2) is 6.23 Å². The van der Waals surface area contributed by atoms with Crippen molar-refractivity contribution >= 4 is 59.3 Å². The molecule has 8 unspecified atom stereocenters. The van der Waals surface area contributed by atoms with E-state index in [-0.39, 0.29) is 91.0 Å². The van der Waals surface area contributed by atoms with Gasteiger partial charge in [0, 0.05) is 18.4 Å². The summed E-state index contributed by atoms with van der Waals surface area (Å²) in [5.41, 5.74) is 0.179. The Balaban J connectivity index is 0.00000748. The third-order valence-corrected chi connectivity index (χ3v) is 11.5. The number of benzene rings is 2. The fraction of sp³-hybridized carbons (Fsp3) is 0.488. The number of aliphatic hydroxyl groups excluding tert-OH is 1. The first kappa shape index (κ1) is 48.3. The van der Waals surface area contributed by atoms with Crippen molar-refractivity contribution in [3.8, 4) is 11.5 Å². The average Bonchev–Trinajstić information content (AvgIpc) is 3.90. The van der Waals surface area contributed by atoms with E-state index in [9.17, 15) is 58.5 Å². The summed E-state index contributed by atoms with van der Waals surface area (Å²) in [7, 11) is 0. The predicted molar refractivity (Wildman–Crippen MR) is 215 cm³/mol. The maximum absolute atomic E-state index is 14.0. The first-order valence-corrected chi connectivity index (χ1v) is 20.2. The Kier molecular flexibility index (Phi) is 15.4. The molecule has 6 rings (SSSR count). The number of carbonyl (C=O) groups excluding carboxylic acids is 8. The van der Waals surface area contributed by atoms with E-state index in [1.54, 1.807) is 25.1 Å². The summed E-state index contributed by atoms with van der Waals surface area (Å²) in [4.78, 5) is 115. The Morgan fingerprint density at radius 2 is 1.75 bits per heavy atom.